The van der Waals surface area contributed by atoms with Gasteiger partial charge in [0.25, 0.3) is 0 Å². The number of nitrogens with zero attached hydrogens (tertiary/aromatic N) is 1. The summed E-state index contributed by atoms with van der Waals surface area (Å²) in [5, 5.41) is 10.8. The Morgan fingerprint density at radius 3 is 2.61 bits per heavy atom. The second-order valence-corrected chi connectivity index (χ2v) is 16.8. The van der Waals surface area contributed by atoms with Gasteiger partial charge in [-0.15, -0.1) is 0 Å². The van der Waals surface area contributed by atoms with Crippen LogP contribution in [-0.4, -0.2) is 54.6 Å². The smallest absolute Gasteiger partial charge is 0.351 e. The van der Waals surface area contributed by atoms with E-state index in [1.54, 1.807) is 30.6 Å². The van der Waals surface area contributed by atoms with Crippen LogP contribution >= 0.6 is 0 Å². The molecule has 2 aromatic rings. The van der Waals surface area contributed by atoms with Crippen LogP contribution in [0.3, 0.4) is 0 Å². The molecule has 0 bridgehead atoms. The van der Waals surface area contributed by atoms with Gasteiger partial charge < -0.3 is 23.4 Å². The van der Waals surface area contributed by atoms with Crippen molar-refractivity contribution in [3.63, 3.8) is 0 Å². The number of hydrogen-bond donors (Lipinski definition) is 1. The molecule has 1 aliphatic carbocycles. The van der Waals surface area contributed by atoms with Crippen LogP contribution in [0.25, 0.3) is 11.3 Å². The lowest BCUT2D eigenvalue weighted by molar-refractivity contribution is -0.149. The topological polar surface area (TPSA) is 125 Å². The molecule has 1 aliphatic heterocycles. The molecular weight excluding hydrogens is 506 g/mol. The van der Waals surface area contributed by atoms with E-state index in [0.29, 0.717) is 12.0 Å². The lowest BCUT2D eigenvalue weighted by atomic mass is 9.65. The highest BCUT2D eigenvalue weighted by Crippen LogP contribution is 2.50. The molecule has 9 nitrogen and oxygen atoms in total. The second kappa shape index (κ2) is 10.1. The summed E-state index contributed by atoms with van der Waals surface area (Å²) in [6.07, 6.45) is 2.29. The van der Waals surface area contributed by atoms with Crippen LogP contribution in [0.1, 0.15) is 57.8 Å². The maximum atomic E-state index is 13.9. The number of Topliss-reactive ketones (excluding diaryl/α,β-unsaturated/α-hetero) is 1. The van der Waals surface area contributed by atoms with E-state index in [2.05, 4.69) is 38.8 Å². The van der Waals surface area contributed by atoms with Gasteiger partial charge in [-0.2, -0.15) is 0 Å². The number of pyridine rings is 1. The van der Waals surface area contributed by atoms with Crippen LogP contribution in [0.2, 0.25) is 18.1 Å². The number of aliphatic hydroxyl groups excluding tert-OH is 1. The van der Waals surface area contributed by atoms with Crippen molar-refractivity contribution in [3.8, 4) is 17.1 Å². The average Bonchev–Trinajstić information content (AvgIpc) is 2.82. The molecule has 1 N–H and O–H groups in total. The van der Waals surface area contributed by atoms with Crippen molar-refractivity contribution in [1.82, 2.24) is 4.98 Å². The van der Waals surface area contributed by atoms with E-state index in [9.17, 15) is 19.5 Å². The largest absolute Gasteiger partial charge is 0.483 e. The summed E-state index contributed by atoms with van der Waals surface area (Å²) in [6.45, 7) is 13.6. The standard InChI is InChI=1S/C28H37NO8Si/c1-16(30)34-15-20(31)18-11-19-25(32)24-22(13-21(35-26(24)33)17-9-8-10-29-14-17)36-28(19,5)23(12-18)37-38(6,7)27(2,3)4/h8-10,13-14,18-20,23,31H,11-12,15H2,1-7H3/t18-,19-,20?,23?,28-/m0/s1. The Kier molecular flexibility index (Phi) is 7.46. The van der Waals surface area contributed by atoms with Crippen LogP contribution in [0.15, 0.2) is 39.8 Å². The number of hydrogen-bond acceptors (Lipinski definition) is 9. The lowest BCUT2D eigenvalue weighted by Gasteiger charge is -2.54. The van der Waals surface area contributed by atoms with E-state index in [0.717, 1.165) is 0 Å². The Bertz CT molecular complexity index is 1270. The summed E-state index contributed by atoms with van der Waals surface area (Å²) in [5.41, 5.74) is -1.42. The molecule has 0 aromatic carbocycles. The van der Waals surface area contributed by atoms with Gasteiger partial charge in [0.15, 0.2) is 14.1 Å². The minimum Gasteiger partial charge on any atom is -0.483 e. The van der Waals surface area contributed by atoms with Gasteiger partial charge in [-0.25, -0.2) is 4.79 Å². The second-order valence-electron chi connectivity index (χ2n) is 12.1. The van der Waals surface area contributed by atoms with Gasteiger partial charge in [0.2, 0.25) is 0 Å². The van der Waals surface area contributed by atoms with E-state index in [-0.39, 0.29) is 35.1 Å². The fraction of sp³-hybridized carbons (Fsp3) is 0.571. The Morgan fingerprint density at radius 2 is 2.00 bits per heavy atom. The van der Waals surface area contributed by atoms with Crippen LogP contribution < -0.4 is 10.4 Å². The first kappa shape index (κ1) is 28.2. The van der Waals surface area contributed by atoms with Gasteiger partial charge in [-0.05, 0) is 55.9 Å². The molecule has 5 atom stereocenters. The third-order valence-electron chi connectivity index (χ3n) is 8.39. The molecule has 38 heavy (non-hydrogen) atoms. The van der Waals surface area contributed by atoms with Gasteiger partial charge in [-0.3, -0.25) is 14.6 Å². The first-order valence-corrected chi connectivity index (χ1v) is 15.9. The molecule has 0 saturated heterocycles. The van der Waals surface area contributed by atoms with E-state index < -0.39 is 55.3 Å². The van der Waals surface area contributed by atoms with Gasteiger partial charge >= 0.3 is 11.6 Å². The van der Waals surface area contributed by atoms with Crippen LogP contribution in [-0.2, 0) is 14.0 Å². The number of carbonyl (C=O) groups is 2. The summed E-state index contributed by atoms with van der Waals surface area (Å²) < 4.78 is 24.0. The number of ketones is 1. The number of rotatable bonds is 6. The van der Waals surface area contributed by atoms with Crippen molar-refractivity contribution in [1.29, 1.82) is 0 Å². The minimum atomic E-state index is -2.35. The van der Waals surface area contributed by atoms with Crippen LogP contribution in [0, 0.1) is 11.8 Å². The zero-order chi connectivity index (χ0) is 28.0. The molecule has 0 spiro atoms. The maximum Gasteiger partial charge on any atom is 0.351 e. The van der Waals surface area contributed by atoms with E-state index in [1.807, 2.05) is 6.92 Å². The average molecular weight is 544 g/mol. The van der Waals surface area contributed by atoms with Crippen molar-refractivity contribution >= 4 is 20.1 Å². The zero-order valence-corrected chi connectivity index (χ0v) is 24.1. The summed E-state index contributed by atoms with van der Waals surface area (Å²) >= 11 is 0. The molecule has 0 radical (unpaired) electrons. The van der Waals surface area contributed by atoms with Crippen molar-refractivity contribution in [3.05, 3.63) is 46.6 Å². The molecule has 2 aliphatic rings. The van der Waals surface area contributed by atoms with Gasteiger partial charge in [0.1, 0.15) is 29.3 Å². The fourth-order valence-electron chi connectivity index (χ4n) is 5.06. The molecule has 2 unspecified atom stereocenters. The number of esters is 1. The molecule has 3 heterocycles. The van der Waals surface area contributed by atoms with Gasteiger partial charge in [-0.1, -0.05) is 20.8 Å². The number of aliphatic hydroxyl groups is 1. The van der Waals surface area contributed by atoms with Crippen LogP contribution in [0.4, 0.5) is 0 Å². The van der Waals surface area contributed by atoms with Crippen molar-refractivity contribution < 1.29 is 33.0 Å². The third-order valence-corrected chi connectivity index (χ3v) is 12.9. The summed E-state index contributed by atoms with van der Waals surface area (Å²) in [7, 11) is -2.35. The highest BCUT2D eigenvalue weighted by Gasteiger charge is 2.59. The fourth-order valence-corrected chi connectivity index (χ4v) is 6.45. The molecule has 1 saturated carbocycles. The Labute approximate surface area is 223 Å². The predicted molar refractivity (Wildman–Crippen MR) is 142 cm³/mol. The van der Waals surface area contributed by atoms with Crippen LogP contribution in [0.5, 0.6) is 5.75 Å². The van der Waals surface area contributed by atoms with Gasteiger partial charge in [0, 0.05) is 30.9 Å². The van der Waals surface area contributed by atoms with E-state index in [1.165, 1.54) is 6.92 Å². The molecular formula is C28H37NO8Si. The van der Waals surface area contributed by atoms with Crippen molar-refractivity contribution in [2.45, 2.75) is 83.4 Å². The molecule has 10 heteroatoms. The quantitative estimate of drug-likeness (QED) is 0.417. The van der Waals surface area contributed by atoms with E-state index in [4.69, 9.17) is 18.3 Å². The Morgan fingerprint density at radius 1 is 1.29 bits per heavy atom. The highest BCUT2D eigenvalue weighted by atomic mass is 28.4. The number of ether oxygens (including phenoxy) is 2. The first-order chi connectivity index (χ1) is 17.6. The highest BCUT2D eigenvalue weighted by molar-refractivity contribution is 6.74. The lowest BCUT2D eigenvalue weighted by Crippen LogP contribution is -2.64. The number of carbonyl (C=O) groups excluding carboxylic acids is 2. The summed E-state index contributed by atoms with van der Waals surface area (Å²) in [4.78, 5) is 42.4. The number of aromatic nitrogens is 1. The third kappa shape index (κ3) is 5.21. The Hall–Kier alpha value is -2.82. The molecule has 2 aromatic heterocycles. The number of fused-ring (bicyclic) bond motifs is 2. The monoisotopic (exact) mass is 543 g/mol. The van der Waals surface area contributed by atoms with Crippen molar-refractivity contribution in [2.24, 2.45) is 11.8 Å². The summed E-state index contributed by atoms with van der Waals surface area (Å²) in [5.74, 6) is -1.64. The minimum absolute atomic E-state index is 0.118. The zero-order valence-electron chi connectivity index (χ0n) is 23.1. The maximum absolute atomic E-state index is 13.9. The SMILES string of the molecule is CC(=O)OCC(O)[C@@H]1CC(O[Si](C)(C)C(C)(C)C)[C@@]2(C)Oc3cc(-c4cccnc4)oc(=O)c3C(=O)[C@@H]2C1. The molecule has 206 valence electrons. The van der Waals surface area contributed by atoms with E-state index >= 15 is 0 Å². The molecule has 1 fully saturated rings. The first-order valence-electron chi connectivity index (χ1n) is 12.9. The predicted octanol–water partition coefficient (Wildman–Crippen LogP) is 4.38. The Balaban J connectivity index is 1.77. The van der Waals surface area contributed by atoms with Crippen molar-refractivity contribution in [2.75, 3.05) is 6.61 Å². The normalized spacial score (nSPS) is 26.1. The molecule has 0 amide bonds. The summed E-state index contributed by atoms with van der Waals surface area (Å²) in [6, 6.07) is 5.05. The van der Waals surface area contributed by atoms with Gasteiger partial charge in [0.05, 0.1) is 18.1 Å². The molecule has 4 rings (SSSR count).